The molecule has 1 heterocycles. The number of nitriles is 1. The zero-order valence-electron chi connectivity index (χ0n) is 17.5. The van der Waals surface area contributed by atoms with Gasteiger partial charge in [0.25, 0.3) is 5.91 Å². The quantitative estimate of drug-likeness (QED) is 0.389. The van der Waals surface area contributed by atoms with E-state index in [2.05, 4.69) is 5.32 Å². The third kappa shape index (κ3) is 4.63. The topological polar surface area (TPSA) is 78.1 Å². The van der Waals surface area contributed by atoms with E-state index in [1.54, 1.807) is 47.2 Å². The van der Waals surface area contributed by atoms with Crippen molar-refractivity contribution in [2.75, 3.05) is 5.32 Å². The van der Waals surface area contributed by atoms with Crippen molar-refractivity contribution in [2.24, 2.45) is 0 Å². The van der Waals surface area contributed by atoms with E-state index in [4.69, 9.17) is 5.26 Å². The van der Waals surface area contributed by atoms with Crippen LogP contribution in [0.3, 0.4) is 0 Å². The number of nitrogens with zero attached hydrogens (tertiary/aromatic N) is 2. The number of amides is 1. The van der Waals surface area contributed by atoms with Gasteiger partial charge in [-0.2, -0.15) is 18.4 Å². The van der Waals surface area contributed by atoms with E-state index in [0.717, 1.165) is 12.1 Å². The maximum atomic E-state index is 14.6. The molecule has 4 rings (SSSR count). The Morgan fingerprint density at radius 3 is 2.50 bits per heavy atom. The van der Waals surface area contributed by atoms with Crippen LogP contribution in [0.25, 0.3) is 22.0 Å². The molecule has 4 aromatic rings. The summed E-state index contributed by atoms with van der Waals surface area (Å²) in [6.07, 6.45) is -4.80. The van der Waals surface area contributed by atoms with Crippen LogP contribution in [0.15, 0.2) is 72.9 Å². The van der Waals surface area contributed by atoms with E-state index >= 15 is 0 Å². The zero-order valence-corrected chi connectivity index (χ0v) is 17.5. The van der Waals surface area contributed by atoms with Crippen LogP contribution in [0.5, 0.6) is 0 Å². The van der Waals surface area contributed by atoms with Gasteiger partial charge in [0, 0.05) is 28.4 Å². The molecule has 0 bridgehead atoms. The fourth-order valence-electron chi connectivity index (χ4n) is 3.66. The van der Waals surface area contributed by atoms with Crippen molar-refractivity contribution in [3.05, 3.63) is 89.9 Å². The van der Waals surface area contributed by atoms with Gasteiger partial charge in [-0.1, -0.05) is 30.3 Å². The molecule has 0 aliphatic heterocycles. The van der Waals surface area contributed by atoms with Gasteiger partial charge in [0.2, 0.25) is 0 Å². The lowest BCUT2D eigenvalue weighted by Crippen LogP contribution is -2.31. The number of aliphatic hydroxyl groups is 1. The monoisotopic (exact) mass is 467 g/mol. The average molecular weight is 467 g/mol. The first kappa shape index (κ1) is 23.0. The molecule has 1 atom stereocenters. The highest BCUT2D eigenvalue weighted by Gasteiger charge is 2.34. The van der Waals surface area contributed by atoms with Crippen LogP contribution in [0.4, 0.5) is 23.2 Å². The summed E-state index contributed by atoms with van der Waals surface area (Å²) in [6, 6.07) is 17.7. The van der Waals surface area contributed by atoms with Crippen molar-refractivity contribution in [3.8, 4) is 17.2 Å². The summed E-state index contributed by atoms with van der Waals surface area (Å²) in [5.74, 6) is -1.35. The highest BCUT2D eigenvalue weighted by molar-refractivity contribution is 5.94. The van der Waals surface area contributed by atoms with Gasteiger partial charge in [-0.25, -0.2) is 4.39 Å². The maximum Gasteiger partial charge on any atom is 0.417 e. The minimum atomic E-state index is -4.78. The van der Waals surface area contributed by atoms with Gasteiger partial charge in [-0.3, -0.25) is 4.79 Å². The number of carbonyl (C=O) groups excluding carboxylic acids is 1. The number of fused-ring (bicyclic) bond motifs is 1. The Morgan fingerprint density at radius 1 is 1.09 bits per heavy atom. The lowest BCUT2D eigenvalue weighted by Gasteiger charge is -2.15. The number of anilines is 1. The standard InChI is InChI=1S/C25H17F4N3O2/c26-21-10-16-8-9-32(22(16)12-19(21)15-4-2-1-3-5-15)14-23(33)24(34)31-18-7-6-17(13-30)20(11-18)25(27,28)29/h1-12,23,33H,14H2,(H,31,34)/t23-/m0/s1. The first-order valence-corrected chi connectivity index (χ1v) is 10.1. The number of rotatable bonds is 5. The molecule has 3 aromatic carbocycles. The summed E-state index contributed by atoms with van der Waals surface area (Å²) in [7, 11) is 0. The number of hydrogen-bond acceptors (Lipinski definition) is 3. The predicted octanol–water partition coefficient (Wildman–Crippen LogP) is 5.34. The van der Waals surface area contributed by atoms with Crippen molar-refractivity contribution in [1.82, 2.24) is 4.57 Å². The molecule has 0 saturated carbocycles. The first-order valence-electron chi connectivity index (χ1n) is 10.1. The Labute approximate surface area is 191 Å². The third-order valence-corrected chi connectivity index (χ3v) is 5.33. The van der Waals surface area contributed by atoms with E-state index in [0.29, 0.717) is 28.1 Å². The molecule has 0 aliphatic rings. The molecule has 0 unspecified atom stereocenters. The second-order valence-corrected chi connectivity index (χ2v) is 7.60. The van der Waals surface area contributed by atoms with E-state index in [1.807, 2.05) is 6.07 Å². The second kappa shape index (κ2) is 9.00. The molecule has 1 amide bonds. The Kier molecular flexibility index (Phi) is 6.09. The summed E-state index contributed by atoms with van der Waals surface area (Å²) >= 11 is 0. The van der Waals surface area contributed by atoms with E-state index in [1.165, 1.54) is 12.1 Å². The lowest BCUT2D eigenvalue weighted by molar-refractivity contribution is -0.137. The summed E-state index contributed by atoms with van der Waals surface area (Å²) in [6.45, 7) is -0.211. The molecule has 34 heavy (non-hydrogen) atoms. The van der Waals surface area contributed by atoms with Crippen LogP contribution in [-0.4, -0.2) is 21.7 Å². The molecular formula is C25H17F4N3O2. The molecule has 0 saturated heterocycles. The van der Waals surface area contributed by atoms with Crippen molar-refractivity contribution >= 4 is 22.5 Å². The lowest BCUT2D eigenvalue weighted by atomic mass is 10.0. The first-order chi connectivity index (χ1) is 16.2. The van der Waals surface area contributed by atoms with Crippen LogP contribution >= 0.6 is 0 Å². The molecule has 5 nitrogen and oxygen atoms in total. The average Bonchev–Trinajstić information content (AvgIpc) is 3.19. The Morgan fingerprint density at radius 2 is 1.82 bits per heavy atom. The molecule has 0 aliphatic carbocycles. The highest BCUT2D eigenvalue weighted by atomic mass is 19.4. The van der Waals surface area contributed by atoms with Crippen LogP contribution in [-0.2, 0) is 17.5 Å². The van der Waals surface area contributed by atoms with Crippen LogP contribution < -0.4 is 5.32 Å². The molecule has 0 fully saturated rings. The van der Waals surface area contributed by atoms with Gasteiger partial charge in [0.1, 0.15) is 5.82 Å². The predicted molar refractivity (Wildman–Crippen MR) is 118 cm³/mol. The van der Waals surface area contributed by atoms with E-state index in [9.17, 15) is 27.5 Å². The Balaban J connectivity index is 1.56. The third-order valence-electron chi connectivity index (χ3n) is 5.33. The number of alkyl halides is 3. The van der Waals surface area contributed by atoms with Crippen LogP contribution in [0, 0.1) is 17.1 Å². The molecular weight excluding hydrogens is 450 g/mol. The summed E-state index contributed by atoms with van der Waals surface area (Å²) in [5.41, 5.74) is -0.384. The fraction of sp³-hybridized carbons (Fsp3) is 0.120. The summed E-state index contributed by atoms with van der Waals surface area (Å²) in [4.78, 5) is 12.5. The van der Waals surface area contributed by atoms with Gasteiger partial charge in [0.05, 0.1) is 23.7 Å². The molecule has 1 aromatic heterocycles. The van der Waals surface area contributed by atoms with Gasteiger partial charge in [-0.05, 0) is 42.0 Å². The summed E-state index contributed by atoms with van der Waals surface area (Å²) in [5, 5.41) is 22.1. The molecule has 9 heteroatoms. The number of hydrogen-bond donors (Lipinski definition) is 2. The van der Waals surface area contributed by atoms with Crippen molar-refractivity contribution in [2.45, 2.75) is 18.8 Å². The molecule has 0 spiro atoms. The zero-order chi connectivity index (χ0) is 24.5. The SMILES string of the molecule is N#Cc1ccc(NC(=O)[C@@H](O)Cn2ccc3cc(F)c(-c4ccccc4)cc32)cc1C(F)(F)F. The fourth-order valence-corrected chi connectivity index (χ4v) is 3.66. The van der Waals surface area contributed by atoms with E-state index < -0.39 is 35.1 Å². The maximum absolute atomic E-state index is 14.6. The number of benzene rings is 3. The van der Waals surface area contributed by atoms with Crippen molar-refractivity contribution < 1.29 is 27.5 Å². The molecule has 0 radical (unpaired) electrons. The van der Waals surface area contributed by atoms with Gasteiger partial charge >= 0.3 is 6.18 Å². The van der Waals surface area contributed by atoms with Crippen LogP contribution in [0.1, 0.15) is 11.1 Å². The summed E-state index contributed by atoms with van der Waals surface area (Å²) < 4.78 is 55.6. The Bertz CT molecular complexity index is 1410. The normalized spacial score (nSPS) is 12.4. The number of aromatic nitrogens is 1. The smallest absolute Gasteiger partial charge is 0.381 e. The largest absolute Gasteiger partial charge is 0.417 e. The van der Waals surface area contributed by atoms with Crippen molar-refractivity contribution in [1.29, 1.82) is 5.26 Å². The molecule has 172 valence electrons. The van der Waals surface area contributed by atoms with Gasteiger partial charge in [-0.15, -0.1) is 0 Å². The number of nitrogens with one attached hydrogen (secondary N) is 1. The highest BCUT2D eigenvalue weighted by Crippen LogP contribution is 2.33. The van der Waals surface area contributed by atoms with E-state index in [-0.39, 0.29) is 12.2 Å². The minimum absolute atomic E-state index is 0.207. The van der Waals surface area contributed by atoms with Gasteiger partial charge in [0.15, 0.2) is 6.10 Å². The number of aliphatic hydroxyl groups excluding tert-OH is 1. The minimum Gasteiger partial charge on any atom is -0.381 e. The Hall–Kier alpha value is -4.16. The molecule has 2 N–H and O–H groups in total. The number of carbonyl (C=O) groups is 1. The number of halogens is 4. The van der Waals surface area contributed by atoms with Crippen LogP contribution in [0.2, 0.25) is 0 Å². The van der Waals surface area contributed by atoms with Crippen molar-refractivity contribution in [3.63, 3.8) is 0 Å². The van der Waals surface area contributed by atoms with Gasteiger partial charge < -0.3 is 15.0 Å². The second-order valence-electron chi connectivity index (χ2n) is 7.60.